The Balaban J connectivity index is 1.50. The molecule has 3 rings (SSSR count). The maximum Gasteiger partial charge on any atom is 0.309 e. The normalized spacial score (nSPS) is 12.8. The summed E-state index contributed by atoms with van der Waals surface area (Å²) in [5.41, 5.74) is 2.42. The van der Waals surface area contributed by atoms with Crippen molar-refractivity contribution in [3.8, 4) is 11.3 Å². The van der Waals surface area contributed by atoms with E-state index in [0.29, 0.717) is 5.56 Å². The van der Waals surface area contributed by atoms with Gasteiger partial charge in [-0.1, -0.05) is 54.6 Å². The fourth-order valence-electron chi connectivity index (χ4n) is 2.79. The number of nitrogens with one attached hydrogen (secondary N) is 2. The van der Waals surface area contributed by atoms with Crippen LogP contribution in [0.2, 0.25) is 0 Å². The van der Waals surface area contributed by atoms with Crippen LogP contribution in [0, 0.1) is 0 Å². The van der Waals surface area contributed by atoms with Crippen LogP contribution in [-0.4, -0.2) is 23.5 Å². The van der Waals surface area contributed by atoms with Crippen LogP contribution in [0.5, 0.6) is 0 Å². The maximum atomic E-state index is 12.0. The molecule has 0 saturated carbocycles. The average Bonchev–Trinajstić information content (AvgIpc) is 3.27. The minimum Gasteiger partial charge on any atom is -0.464 e. The summed E-state index contributed by atoms with van der Waals surface area (Å²) in [5, 5.41) is 15.4. The minimum absolute atomic E-state index is 0.0634. The molecule has 0 saturated heterocycles. The van der Waals surface area contributed by atoms with Crippen LogP contribution in [0.3, 0.4) is 0 Å². The zero-order chi connectivity index (χ0) is 19.9. The van der Waals surface area contributed by atoms with Crippen molar-refractivity contribution in [3.63, 3.8) is 0 Å². The lowest BCUT2D eigenvalue weighted by atomic mass is 10.1. The van der Waals surface area contributed by atoms with E-state index >= 15 is 0 Å². The summed E-state index contributed by atoms with van der Waals surface area (Å²) in [4.78, 5) is 24.0. The summed E-state index contributed by atoms with van der Waals surface area (Å²) in [7, 11) is 0. The number of rotatable bonds is 6. The van der Waals surface area contributed by atoms with Crippen molar-refractivity contribution in [2.45, 2.75) is 19.1 Å². The predicted octanol–water partition coefficient (Wildman–Crippen LogP) is 2.97. The predicted molar refractivity (Wildman–Crippen MR) is 105 cm³/mol. The number of hydrogen-bond acceptors (Lipinski definition) is 4. The second kappa shape index (κ2) is 9.01. The zero-order valence-electron chi connectivity index (χ0n) is 15.5. The number of furan rings is 1. The number of carbonyl (C=O) groups is 2. The fraction of sp³-hybridized carbons (Fsp3) is 0.182. The van der Waals surface area contributed by atoms with Gasteiger partial charge in [-0.25, -0.2) is 0 Å². The highest BCUT2D eigenvalue weighted by atomic mass is 16.3. The Bertz CT molecular complexity index is 905. The highest BCUT2D eigenvalue weighted by Crippen LogP contribution is 2.22. The van der Waals surface area contributed by atoms with Crippen LogP contribution in [-0.2, 0) is 9.59 Å². The molecule has 3 N–H and O–H groups in total. The summed E-state index contributed by atoms with van der Waals surface area (Å²) >= 11 is 0. The number of benzene rings is 2. The van der Waals surface area contributed by atoms with Gasteiger partial charge in [0.1, 0.15) is 5.76 Å². The van der Waals surface area contributed by atoms with E-state index in [2.05, 4.69) is 10.6 Å². The number of aliphatic hydroxyl groups is 1. The fourth-order valence-corrected chi connectivity index (χ4v) is 2.79. The van der Waals surface area contributed by atoms with Gasteiger partial charge in [0.2, 0.25) is 0 Å². The molecule has 0 aliphatic heterocycles. The quantitative estimate of drug-likeness (QED) is 0.575. The van der Waals surface area contributed by atoms with E-state index in [1.54, 1.807) is 31.4 Å². The van der Waals surface area contributed by atoms with Crippen molar-refractivity contribution in [1.29, 1.82) is 0 Å². The lowest BCUT2D eigenvalue weighted by Gasteiger charge is -2.15. The molecule has 2 aromatic carbocycles. The highest BCUT2D eigenvalue weighted by molar-refractivity contribution is 6.35. The largest absolute Gasteiger partial charge is 0.464 e. The lowest BCUT2D eigenvalue weighted by molar-refractivity contribution is -0.139. The number of aliphatic hydroxyl groups excluding tert-OH is 1. The monoisotopic (exact) mass is 378 g/mol. The molecule has 3 aromatic rings. The van der Waals surface area contributed by atoms with Gasteiger partial charge in [0.15, 0.2) is 0 Å². The highest BCUT2D eigenvalue weighted by Gasteiger charge is 2.18. The van der Waals surface area contributed by atoms with E-state index in [9.17, 15) is 14.7 Å². The molecule has 2 amide bonds. The Hall–Kier alpha value is -3.38. The molecular formula is C22H22N2O4. The van der Waals surface area contributed by atoms with Crippen molar-refractivity contribution < 1.29 is 19.1 Å². The van der Waals surface area contributed by atoms with Gasteiger partial charge >= 0.3 is 11.8 Å². The smallest absolute Gasteiger partial charge is 0.309 e. The minimum atomic E-state index is -0.922. The molecule has 28 heavy (non-hydrogen) atoms. The first-order valence-corrected chi connectivity index (χ1v) is 9.00. The molecule has 0 aliphatic rings. The van der Waals surface area contributed by atoms with Crippen molar-refractivity contribution in [2.75, 3.05) is 6.54 Å². The molecule has 6 nitrogen and oxygen atoms in total. The molecule has 0 aliphatic carbocycles. The van der Waals surface area contributed by atoms with Gasteiger partial charge in [0.25, 0.3) is 0 Å². The number of carbonyl (C=O) groups excluding carboxylic acids is 2. The maximum absolute atomic E-state index is 12.0. The van der Waals surface area contributed by atoms with E-state index in [-0.39, 0.29) is 12.6 Å². The topological polar surface area (TPSA) is 91.6 Å². The third-order valence-corrected chi connectivity index (χ3v) is 4.41. The first kappa shape index (κ1) is 19.4. The molecule has 0 bridgehead atoms. The Morgan fingerprint density at radius 2 is 1.64 bits per heavy atom. The van der Waals surface area contributed by atoms with Crippen LogP contribution >= 0.6 is 0 Å². The second-order valence-electron chi connectivity index (χ2n) is 6.43. The summed E-state index contributed by atoms with van der Waals surface area (Å²) < 4.78 is 5.32. The van der Waals surface area contributed by atoms with Crippen molar-refractivity contribution in [3.05, 3.63) is 84.1 Å². The second-order valence-corrected chi connectivity index (χ2v) is 6.43. The molecule has 0 fully saturated rings. The van der Waals surface area contributed by atoms with Gasteiger partial charge in [-0.3, -0.25) is 9.59 Å². The van der Waals surface area contributed by atoms with Crippen molar-refractivity contribution >= 4 is 11.8 Å². The van der Waals surface area contributed by atoms with E-state index in [1.165, 1.54) is 0 Å². The van der Waals surface area contributed by atoms with Gasteiger partial charge in [-0.15, -0.1) is 0 Å². The van der Waals surface area contributed by atoms with E-state index in [1.807, 2.05) is 48.5 Å². The van der Waals surface area contributed by atoms with Crippen LogP contribution in [0.4, 0.5) is 0 Å². The van der Waals surface area contributed by atoms with Gasteiger partial charge in [0.05, 0.1) is 18.4 Å². The van der Waals surface area contributed by atoms with Gasteiger partial charge in [-0.05, 0) is 30.2 Å². The summed E-state index contributed by atoms with van der Waals surface area (Å²) in [6.07, 6.45) is 0.672. The van der Waals surface area contributed by atoms with Crippen LogP contribution in [0.25, 0.3) is 11.3 Å². The Morgan fingerprint density at radius 1 is 0.929 bits per heavy atom. The van der Waals surface area contributed by atoms with Crippen LogP contribution < -0.4 is 10.6 Å². The molecular weight excluding hydrogens is 356 g/mol. The SMILES string of the molecule is C[C@H](NC(=O)C(=O)NC[C@H](O)c1ccc(-c2ccco2)cc1)c1ccccc1. The first-order valence-electron chi connectivity index (χ1n) is 9.00. The van der Waals surface area contributed by atoms with Crippen molar-refractivity contribution in [2.24, 2.45) is 0 Å². The average molecular weight is 378 g/mol. The molecule has 1 heterocycles. The molecule has 0 spiro atoms. The standard InChI is InChI=1S/C22H22N2O4/c1-15(16-6-3-2-4-7-16)24-22(27)21(26)23-14-19(25)17-9-11-18(12-10-17)20-8-5-13-28-20/h2-13,15,19,25H,14H2,1H3,(H,23,26)(H,24,27)/t15-,19-/m0/s1. The van der Waals surface area contributed by atoms with Crippen LogP contribution in [0.15, 0.2) is 77.4 Å². The number of amides is 2. The van der Waals surface area contributed by atoms with E-state index < -0.39 is 17.9 Å². The van der Waals surface area contributed by atoms with Gasteiger partial charge < -0.3 is 20.2 Å². The Kier molecular flexibility index (Phi) is 6.24. The number of hydrogen-bond donors (Lipinski definition) is 3. The van der Waals surface area contributed by atoms with Crippen LogP contribution in [0.1, 0.15) is 30.2 Å². The Labute approximate surface area is 163 Å². The van der Waals surface area contributed by atoms with Gasteiger partial charge in [-0.2, -0.15) is 0 Å². The first-order chi connectivity index (χ1) is 13.5. The molecule has 0 unspecified atom stereocenters. The molecule has 1 aromatic heterocycles. The third kappa shape index (κ3) is 4.86. The lowest BCUT2D eigenvalue weighted by Crippen LogP contribution is -2.42. The van der Waals surface area contributed by atoms with E-state index in [4.69, 9.17) is 4.42 Å². The van der Waals surface area contributed by atoms with E-state index in [0.717, 1.165) is 16.9 Å². The zero-order valence-corrected chi connectivity index (χ0v) is 15.5. The summed E-state index contributed by atoms with van der Waals surface area (Å²) in [6.45, 7) is 1.74. The van der Waals surface area contributed by atoms with Gasteiger partial charge in [0, 0.05) is 12.1 Å². The summed E-state index contributed by atoms with van der Waals surface area (Å²) in [5.74, 6) is -0.788. The third-order valence-electron chi connectivity index (χ3n) is 4.41. The van der Waals surface area contributed by atoms with Crippen molar-refractivity contribution in [1.82, 2.24) is 10.6 Å². The molecule has 144 valence electrons. The summed E-state index contributed by atoms with van der Waals surface area (Å²) in [6, 6.07) is 19.9. The molecule has 6 heteroatoms. The Morgan fingerprint density at radius 3 is 2.29 bits per heavy atom. The molecule has 2 atom stereocenters. The molecule has 0 radical (unpaired) electrons.